The highest BCUT2D eigenvalue weighted by atomic mass is 35.5. The lowest BCUT2D eigenvalue weighted by Crippen LogP contribution is -2.25. The van der Waals surface area contributed by atoms with Crippen molar-refractivity contribution in [2.24, 2.45) is 5.92 Å². The van der Waals surface area contributed by atoms with Crippen molar-refractivity contribution in [3.8, 4) is 0 Å². The Morgan fingerprint density at radius 2 is 2.00 bits per heavy atom. The first-order valence-electron chi connectivity index (χ1n) is 5.12. The lowest BCUT2D eigenvalue weighted by Gasteiger charge is -2.15. The number of carboxylic acids is 1. The number of carboxylic acid groups (broad SMARTS) is 1. The van der Waals surface area contributed by atoms with Crippen LogP contribution in [0.15, 0.2) is 11.6 Å². The second kappa shape index (κ2) is 8.74. The fourth-order valence-electron chi connectivity index (χ4n) is 1.36. The number of carbonyl (C=O) groups is 1. The van der Waals surface area contributed by atoms with Gasteiger partial charge in [0.25, 0.3) is 0 Å². The predicted molar refractivity (Wildman–Crippen MR) is 65.6 cm³/mol. The Kier molecular flexibility index (Phi) is 9.84. The number of halogens is 1. The Morgan fingerprint density at radius 1 is 1.47 bits per heavy atom. The van der Waals surface area contributed by atoms with Crippen LogP contribution in [0.1, 0.15) is 33.6 Å². The Labute approximate surface area is 98.4 Å². The summed E-state index contributed by atoms with van der Waals surface area (Å²) in [5.41, 5.74) is 0.491. The zero-order valence-electron chi connectivity index (χ0n) is 9.91. The average Bonchev–Trinajstić information content (AvgIpc) is 2.10. The fourth-order valence-corrected chi connectivity index (χ4v) is 1.36. The smallest absolute Gasteiger partial charge is 0.331 e. The standard InChI is InChI=1S/C11H21NO2.ClH/c1-5-9(11(13)14)7-10(12-4)6-8(2)3;/h7-8,10,12H,5-6H2,1-4H3,(H,13,14);1H/t10-;/m0./s1. The van der Waals surface area contributed by atoms with Crippen LogP contribution in [0.3, 0.4) is 0 Å². The van der Waals surface area contributed by atoms with E-state index >= 15 is 0 Å². The fraction of sp³-hybridized carbons (Fsp3) is 0.727. The molecule has 0 aromatic rings. The molecule has 0 fully saturated rings. The largest absolute Gasteiger partial charge is 0.478 e. The van der Waals surface area contributed by atoms with E-state index < -0.39 is 5.97 Å². The molecule has 2 N–H and O–H groups in total. The summed E-state index contributed by atoms with van der Waals surface area (Å²) in [6.45, 7) is 6.12. The van der Waals surface area contributed by atoms with E-state index in [4.69, 9.17) is 5.11 Å². The molecule has 0 unspecified atom stereocenters. The molecular weight excluding hydrogens is 214 g/mol. The van der Waals surface area contributed by atoms with Gasteiger partial charge in [-0.1, -0.05) is 26.8 Å². The molecule has 0 saturated carbocycles. The normalized spacial score (nSPS) is 13.5. The van der Waals surface area contributed by atoms with E-state index in [1.807, 2.05) is 20.0 Å². The Hall–Kier alpha value is -0.540. The second-order valence-electron chi connectivity index (χ2n) is 3.88. The number of hydrogen-bond acceptors (Lipinski definition) is 2. The van der Waals surface area contributed by atoms with Crippen molar-refractivity contribution < 1.29 is 9.90 Å². The molecule has 1 atom stereocenters. The molecule has 15 heavy (non-hydrogen) atoms. The van der Waals surface area contributed by atoms with Crippen LogP contribution in [-0.2, 0) is 4.79 Å². The molecule has 0 amide bonds. The molecule has 0 radical (unpaired) electrons. The first-order valence-corrected chi connectivity index (χ1v) is 5.12. The molecule has 0 aromatic carbocycles. The summed E-state index contributed by atoms with van der Waals surface area (Å²) in [5, 5.41) is 12.0. The summed E-state index contributed by atoms with van der Waals surface area (Å²) >= 11 is 0. The molecule has 0 aliphatic rings. The van der Waals surface area contributed by atoms with Crippen molar-refractivity contribution >= 4 is 18.4 Å². The van der Waals surface area contributed by atoms with Gasteiger partial charge >= 0.3 is 5.97 Å². The van der Waals surface area contributed by atoms with E-state index in [2.05, 4.69) is 19.2 Å². The quantitative estimate of drug-likeness (QED) is 0.696. The maximum absolute atomic E-state index is 10.8. The van der Waals surface area contributed by atoms with Crippen molar-refractivity contribution in [2.75, 3.05) is 7.05 Å². The van der Waals surface area contributed by atoms with Crippen LogP contribution < -0.4 is 5.32 Å². The third-order valence-electron chi connectivity index (χ3n) is 2.15. The van der Waals surface area contributed by atoms with Gasteiger partial charge in [0, 0.05) is 11.6 Å². The van der Waals surface area contributed by atoms with Gasteiger partial charge in [0.05, 0.1) is 0 Å². The number of likely N-dealkylation sites (N-methyl/N-ethyl adjacent to an activating group) is 1. The van der Waals surface area contributed by atoms with Gasteiger partial charge in [-0.25, -0.2) is 4.79 Å². The van der Waals surface area contributed by atoms with Gasteiger partial charge in [0.1, 0.15) is 0 Å². The van der Waals surface area contributed by atoms with Gasteiger partial charge in [-0.3, -0.25) is 0 Å². The SMILES string of the molecule is CCC(=C[C@H](CC(C)C)NC)C(=O)O.Cl. The molecule has 0 rings (SSSR count). The van der Waals surface area contributed by atoms with E-state index in [0.717, 1.165) is 6.42 Å². The minimum absolute atomic E-state index is 0. The number of hydrogen-bond donors (Lipinski definition) is 2. The van der Waals surface area contributed by atoms with E-state index in [0.29, 0.717) is 17.9 Å². The van der Waals surface area contributed by atoms with Crippen LogP contribution in [-0.4, -0.2) is 24.2 Å². The lowest BCUT2D eigenvalue weighted by molar-refractivity contribution is -0.132. The van der Waals surface area contributed by atoms with Gasteiger partial charge in [-0.05, 0) is 25.8 Å². The molecule has 4 heteroatoms. The monoisotopic (exact) mass is 235 g/mol. The van der Waals surface area contributed by atoms with Gasteiger partial charge in [-0.15, -0.1) is 12.4 Å². The predicted octanol–water partition coefficient (Wildman–Crippen LogP) is 2.46. The number of aliphatic carboxylic acids is 1. The molecule has 0 saturated heterocycles. The van der Waals surface area contributed by atoms with Crippen LogP contribution in [0, 0.1) is 5.92 Å². The van der Waals surface area contributed by atoms with Crippen LogP contribution in [0.5, 0.6) is 0 Å². The van der Waals surface area contributed by atoms with Crippen molar-refractivity contribution in [2.45, 2.75) is 39.7 Å². The average molecular weight is 236 g/mol. The van der Waals surface area contributed by atoms with E-state index in [1.165, 1.54) is 0 Å². The van der Waals surface area contributed by atoms with Gasteiger partial charge in [0.2, 0.25) is 0 Å². The molecule has 90 valence electrons. The van der Waals surface area contributed by atoms with Crippen molar-refractivity contribution in [1.82, 2.24) is 5.32 Å². The minimum atomic E-state index is -0.809. The Bertz CT molecular complexity index is 215. The van der Waals surface area contributed by atoms with Gasteiger partial charge in [0.15, 0.2) is 0 Å². The zero-order valence-corrected chi connectivity index (χ0v) is 10.7. The molecular formula is C11H22ClNO2. The molecule has 3 nitrogen and oxygen atoms in total. The molecule has 0 aliphatic carbocycles. The summed E-state index contributed by atoms with van der Waals surface area (Å²) < 4.78 is 0. The van der Waals surface area contributed by atoms with Crippen LogP contribution in [0.2, 0.25) is 0 Å². The Morgan fingerprint density at radius 3 is 2.27 bits per heavy atom. The first kappa shape index (κ1) is 16.9. The second-order valence-corrected chi connectivity index (χ2v) is 3.88. The highest BCUT2D eigenvalue weighted by molar-refractivity contribution is 5.86. The lowest BCUT2D eigenvalue weighted by atomic mass is 10.0. The molecule has 0 bridgehead atoms. The Balaban J connectivity index is 0. The highest BCUT2D eigenvalue weighted by Crippen LogP contribution is 2.09. The molecule has 0 aromatic heterocycles. The summed E-state index contributed by atoms with van der Waals surface area (Å²) in [6, 6.07) is 0.168. The van der Waals surface area contributed by atoms with E-state index in [1.54, 1.807) is 0 Å². The molecule has 0 heterocycles. The summed E-state index contributed by atoms with van der Waals surface area (Å²) in [5.74, 6) is -0.243. The molecule has 0 spiro atoms. The highest BCUT2D eigenvalue weighted by Gasteiger charge is 2.10. The first-order chi connectivity index (χ1) is 6.51. The third-order valence-corrected chi connectivity index (χ3v) is 2.15. The van der Waals surface area contributed by atoms with Crippen molar-refractivity contribution in [3.05, 3.63) is 11.6 Å². The number of nitrogens with one attached hydrogen (secondary N) is 1. The van der Waals surface area contributed by atoms with E-state index in [9.17, 15) is 4.79 Å². The summed E-state index contributed by atoms with van der Waals surface area (Å²) in [6.07, 6.45) is 3.36. The maximum Gasteiger partial charge on any atom is 0.331 e. The van der Waals surface area contributed by atoms with Gasteiger partial charge < -0.3 is 10.4 Å². The maximum atomic E-state index is 10.8. The van der Waals surface area contributed by atoms with Crippen LogP contribution in [0.4, 0.5) is 0 Å². The van der Waals surface area contributed by atoms with Crippen LogP contribution >= 0.6 is 12.4 Å². The zero-order chi connectivity index (χ0) is 11.1. The van der Waals surface area contributed by atoms with E-state index in [-0.39, 0.29) is 18.4 Å². The minimum Gasteiger partial charge on any atom is -0.478 e. The van der Waals surface area contributed by atoms with Crippen LogP contribution in [0.25, 0.3) is 0 Å². The molecule has 0 aliphatic heterocycles. The summed E-state index contributed by atoms with van der Waals surface area (Å²) in [7, 11) is 1.86. The van der Waals surface area contributed by atoms with Crippen molar-refractivity contribution in [3.63, 3.8) is 0 Å². The van der Waals surface area contributed by atoms with Crippen molar-refractivity contribution in [1.29, 1.82) is 0 Å². The van der Waals surface area contributed by atoms with Gasteiger partial charge in [-0.2, -0.15) is 0 Å². The third kappa shape index (κ3) is 7.40. The summed E-state index contributed by atoms with van der Waals surface area (Å²) in [4.78, 5) is 10.8. The topological polar surface area (TPSA) is 49.3 Å². The number of rotatable bonds is 6.